The molecular formula is C17H12F2O3. The van der Waals surface area contributed by atoms with Crippen molar-refractivity contribution in [1.82, 2.24) is 0 Å². The summed E-state index contributed by atoms with van der Waals surface area (Å²) in [6, 6.07) is 9.32. The van der Waals surface area contributed by atoms with Crippen molar-refractivity contribution in [2.24, 2.45) is 0 Å². The van der Waals surface area contributed by atoms with Crippen LogP contribution in [0.4, 0.5) is 8.78 Å². The maximum absolute atomic E-state index is 14.0. The fourth-order valence-electron chi connectivity index (χ4n) is 2.43. The summed E-state index contributed by atoms with van der Waals surface area (Å²) in [5, 5.41) is 9.65. The van der Waals surface area contributed by atoms with Gasteiger partial charge in [-0.25, -0.2) is 8.78 Å². The van der Waals surface area contributed by atoms with Gasteiger partial charge >= 0.3 is 0 Å². The van der Waals surface area contributed by atoms with Gasteiger partial charge in [-0.1, -0.05) is 18.2 Å². The van der Waals surface area contributed by atoms with Crippen molar-refractivity contribution in [3.8, 4) is 11.1 Å². The molecule has 2 aromatic carbocycles. The molecule has 1 heterocycles. The molecular weight excluding hydrogens is 290 g/mol. The summed E-state index contributed by atoms with van der Waals surface area (Å²) in [4.78, 5) is 12.7. The zero-order valence-corrected chi connectivity index (χ0v) is 11.6. The number of rotatable bonds is 2. The van der Waals surface area contributed by atoms with Gasteiger partial charge in [0.05, 0.1) is 5.56 Å². The van der Waals surface area contributed by atoms with Crippen LogP contribution in [-0.4, -0.2) is 5.11 Å². The highest BCUT2D eigenvalue weighted by molar-refractivity contribution is 5.83. The topological polar surface area (TPSA) is 50.4 Å². The van der Waals surface area contributed by atoms with Crippen LogP contribution in [0.2, 0.25) is 0 Å². The normalized spacial score (nSPS) is 12.5. The number of aliphatic hydroxyl groups is 1. The van der Waals surface area contributed by atoms with E-state index in [4.69, 9.17) is 4.42 Å². The molecule has 1 N–H and O–H groups in total. The van der Waals surface area contributed by atoms with Gasteiger partial charge in [0.2, 0.25) is 5.43 Å². The fraction of sp³-hybridized carbons (Fsp3) is 0.118. The molecule has 0 saturated carbocycles. The third-order valence-electron chi connectivity index (χ3n) is 3.39. The first kappa shape index (κ1) is 14.4. The Bertz CT molecular complexity index is 913. The van der Waals surface area contributed by atoms with Gasteiger partial charge in [0, 0.05) is 0 Å². The van der Waals surface area contributed by atoms with E-state index < -0.39 is 23.2 Å². The summed E-state index contributed by atoms with van der Waals surface area (Å²) in [7, 11) is 0. The molecule has 0 unspecified atom stereocenters. The van der Waals surface area contributed by atoms with Gasteiger partial charge in [-0.2, -0.15) is 0 Å². The zero-order valence-electron chi connectivity index (χ0n) is 11.6. The lowest BCUT2D eigenvalue weighted by atomic mass is 10.00. The van der Waals surface area contributed by atoms with E-state index in [-0.39, 0.29) is 27.9 Å². The highest BCUT2D eigenvalue weighted by Crippen LogP contribution is 2.29. The molecule has 0 fully saturated rings. The second kappa shape index (κ2) is 5.35. The Labute approximate surface area is 124 Å². The first-order chi connectivity index (χ1) is 10.5. The maximum atomic E-state index is 14.0. The molecule has 0 aliphatic heterocycles. The second-order valence-electron chi connectivity index (χ2n) is 4.97. The number of aliphatic hydroxyl groups excluding tert-OH is 1. The van der Waals surface area contributed by atoms with Gasteiger partial charge in [0.1, 0.15) is 34.5 Å². The number of halogens is 2. The number of hydrogen-bond acceptors (Lipinski definition) is 3. The Morgan fingerprint density at radius 2 is 1.86 bits per heavy atom. The van der Waals surface area contributed by atoms with Crippen molar-refractivity contribution in [3.05, 3.63) is 70.1 Å². The molecule has 3 aromatic rings. The van der Waals surface area contributed by atoms with E-state index in [1.165, 1.54) is 37.3 Å². The highest BCUT2D eigenvalue weighted by Gasteiger charge is 2.21. The van der Waals surface area contributed by atoms with Crippen LogP contribution in [0.15, 0.2) is 51.7 Å². The van der Waals surface area contributed by atoms with E-state index in [2.05, 4.69) is 0 Å². The minimum atomic E-state index is -1.10. The largest absolute Gasteiger partial charge is 0.457 e. The third-order valence-corrected chi connectivity index (χ3v) is 3.39. The van der Waals surface area contributed by atoms with Crippen LogP contribution in [-0.2, 0) is 0 Å². The lowest BCUT2D eigenvalue weighted by molar-refractivity contribution is 0.171. The van der Waals surface area contributed by atoms with Gasteiger partial charge in [-0.05, 0) is 36.8 Å². The van der Waals surface area contributed by atoms with E-state index in [0.717, 1.165) is 12.1 Å². The molecule has 0 amide bonds. The Hall–Kier alpha value is -2.53. The Balaban J connectivity index is 2.46. The Morgan fingerprint density at radius 1 is 1.14 bits per heavy atom. The molecule has 0 radical (unpaired) electrons. The van der Waals surface area contributed by atoms with Gasteiger partial charge < -0.3 is 9.52 Å². The van der Waals surface area contributed by atoms with Crippen LogP contribution >= 0.6 is 0 Å². The van der Waals surface area contributed by atoms with Crippen LogP contribution < -0.4 is 5.43 Å². The molecule has 0 bridgehead atoms. The van der Waals surface area contributed by atoms with Crippen molar-refractivity contribution in [2.75, 3.05) is 0 Å². The summed E-state index contributed by atoms with van der Waals surface area (Å²) < 4.78 is 32.9. The molecule has 0 saturated heterocycles. The monoisotopic (exact) mass is 302 g/mol. The number of fused-ring (bicyclic) bond motifs is 1. The summed E-state index contributed by atoms with van der Waals surface area (Å²) in [6.07, 6.45) is -1.10. The quantitative estimate of drug-likeness (QED) is 0.783. The van der Waals surface area contributed by atoms with Crippen LogP contribution in [0.5, 0.6) is 0 Å². The predicted molar refractivity (Wildman–Crippen MR) is 78.5 cm³/mol. The fourth-order valence-corrected chi connectivity index (χ4v) is 2.43. The van der Waals surface area contributed by atoms with Crippen molar-refractivity contribution >= 4 is 11.0 Å². The maximum Gasteiger partial charge on any atom is 0.203 e. The molecule has 0 spiro atoms. The molecule has 112 valence electrons. The average molecular weight is 302 g/mol. The summed E-state index contributed by atoms with van der Waals surface area (Å²) in [5.74, 6) is -1.28. The highest BCUT2D eigenvalue weighted by atomic mass is 19.1. The molecule has 1 atom stereocenters. The minimum absolute atomic E-state index is 0.0197. The van der Waals surface area contributed by atoms with Crippen LogP contribution in [0.1, 0.15) is 18.8 Å². The van der Waals surface area contributed by atoms with Crippen molar-refractivity contribution in [3.63, 3.8) is 0 Å². The first-order valence-corrected chi connectivity index (χ1v) is 6.68. The van der Waals surface area contributed by atoms with E-state index in [0.29, 0.717) is 0 Å². The summed E-state index contributed by atoms with van der Waals surface area (Å²) in [6.45, 7) is 1.42. The van der Waals surface area contributed by atoms with Gasteiger partial charge in [-0.3, -0.25) is 4.79 Å². The smallest absolute Gasteiger partial charge is 0.203 e. The zero-order chi connectivity index (χ0) is 15.9. The van der Waals surface area contributed by atoms with E-state index in [9.17, 15) is 18.7 Å². The van der Waals surface area contributed by atoms with Crippen LogP contribution in [0, 0.1) is 11.6 Å². The van der Waals surface area contributed by atoms with E-state index in [1.54, 1.807) is 0 Å². The molecule has 0 aliphatic rings. The summed E-state index contributed by atoms with van der Waals surface area (Å²) in [5.41, 5.74) is -0.399. The predicted octanol–water partition coefficient (Wildman–Crippen LogP) is 3.79. The first-order valence-electron chi connectivity index (χ1n) is 6.68. The molecule has 0 aliphatic carbocycles. The minimum Gasteiger partial charge on any atom is -0.457 e. The Kier molecular flexibility index (Phi) is 3.50. The van der Waals surface area contributed by atoms with Gasteiger partial charge in [-0.15, -0.1) is 0 Å². The number of hydrogen-bond donors (Lipinski definition) is 1. The summed E-state index contributed by atoms with van der Waals surface area (Å²) >= 11 is 0. The molecule has 1 aromatic heterocycles. The third kappa shape index (κ3) is 2.29. The van der Waals surface area contributed by atoms with E-state index in [1.807, 2.05) is 0 Å². The van der Waals surface area contributed by atoms with Crippen molar-refractivity contribution < 1.29 is 18.3 Å². The average Bonchev–Trinajstić information content (AvgIpc) is 2.46. The lowest BCUT2D eigenvalue weighted by Crippen LogP contribution is -2.12. The van der Waals surface area contributed by atoms with Crippen molar-refractivity contribution in [1.29, 1.82) is 0 Å². The van der Waals surface area contributed by atoms with Crippen LogP contribution in [0.25, 0.3) is 22.1 Å². The van der Waals surface area contributed by atoms with E-state index >= 15 is 0 Å². The van der Waals surface area contributed by atoms with Crippen LogP contribution in [0.3, 0.4) is 0 Å². The standard InChI is InChI=1S/C17H12F2O3/c1-9(20)17-14(10-4-2-5-11(18)8-10)16(21)15-12(19)6-3-7-13(15)22-17/h2-9,20H,1H3/t9-/m0/s1. The number of benzene rings is 2. The second-order valence-corrected chi connectivity index (χ2v) is 4.97. The lowest BCUT2D eigenvalue weighted by Gasteiger charge is -2.12. The van der Waals surface area contributed by atoms with Crippen molar-refractivity contribution in [2.45, 2.75) is 13.0 Å². The van der Waals surface area contributed by atoms with Gasteiger partial charge in [0.15, 0.2) is 0 Å². The molecule has 5 heteroatoms. The SMILES string of the molecule is C[C@H](O)c1oc2cccc(F)c2c(=O)c1-c1cccc(F)c1. The van der Waals surface area contributed by atoms with Gasteiger partial charge in [0.25, 0.3) is 0 Å². The Morgan fingerprint density at radius 3 is 2.55 bits per heavy atom. The molecule has 3 nitrogen and oxygen atoms in total. The molecule has 3 rings (SSSR count). The molecule has 22 heavy (non-hydrogen) atoms.